The number of ketones is 1. The third-order valence-electron chi connectivity index (χ3n) is 5.76. The molecule has 0 aromatic rings. The second-order valence-electron chi connectivity index (χ2n) is 7.45. The number of rotatable bonds is 4. The molecule has 1 saturated carbocycles. The predicted octanol–water partition coefficient (Wildman–Crippen LogP) is 2.94. The lowest BCUT2D eigenvalue weighted by Gasteiger charge is -2.36. The van der Waals surface area contributed by atoms with Gasteiger partial charge in [-0.15, -0.1) is 0 Å². The summed E-state index contributed by atoms with van der Waals surface area (Å²) in [5.74, 6) is 1.27. The van der Waals surface area contributed by atoms with E-state index in [1.165, 1.54) is 71.1 Å². The van der Waals surface area contributed by atoms with Crippen LogP contribution in [0.4, 0.5) is 0 Å². The summed E-state index contributed by atoms with van der Waals surface area (Å²) in [7, 11) is 0. The van der Waals surface area contributed by atoms with Crippen LogP contribution in [0.5, 0.6) is 0 Å². The molecule has 2 atom stereocenters. The van der Waals surface area contributed by atoms with E-state index in [-0.39, 0.29) is 0 Å². The fourth-order valence-electron chi connectivity index (χ4n) is 4.50. The average molecular weight is 292 g/mol. The second kappa shape index (κ2) is 7.73. The van der Waals surface area contributed by atoms with E-state index in [9.17, 15) is 4.79 Å². The zero-order chi connectivity index (χ0) is 14.5. The number of hydrogen-bond donors (Lipinski definition) is 0. The van der Waals surface area contributed by atoms with E-state index in [0.717, 1.165) is 25.9 Å². The van der Waals surface area contributed by atoms with Gasteiger partial charge in [0.1, 0.15) is 5.78 Å². The topological polar surface area (TPSA) is 23.6 Å². The molecule has 0 N–H and O–H groups in total. The van der Waals surface area contributed by atoms with E-state index in [0.29, 0.717) is 17.6 Å². The predicted molar refractivity (Wildman–Crippen MR) is 86.4 cm³/mol. The molecular weight excluding hydrogens is 260 g/mol. The van der Waals surface area contributed by atoms with Crippen LogP contribution in [0.1, 0.15) is 57.8 Å². The molecule has 2 aliphatic heterocycles. The standard InChI is InChI=1S/C18H32N2O/c21-18-16(14-19-10-3-1-4-11-19)8-7-9-17(18)15-20-12-5-2-6-13-20/h16-17H,1-15H2/t16-,17+. The van der Waals surface area contributed by atoms with E-state index in [1.54, 1.807) is 0 Å². The first-order valence-corrected chi connectivity index (χ1v) is 9.31. The van der Waals surface area contributed by atoms with Gasteiger partial charge in [0.25, 0.3) is 0 Å². The fraction of sp³-hybridized carbons (Fsp3) is 0.944. The van der Waals surface area contributed by atoms with E-state index in [2.05, 4.69) is 9.80 Å². The summed E-state index contributed by atoms with van der Waals surface area (Å²) in [5, 5.41) is 0. The molecule has 2 heterocycles. The summed E-state index contributed by atoms with van der Waals surface area (Å²) in [6, 6.07) is 0. The van der Waals surface area contributed by atoms with Gasteiger partial charge >= 0.3 is 0 Å². The zero-order valence-electron chi connectivity index (χ0n) is 13.6. The van der Waals surface area contributed by atoms with Crippen molar-refractivity contribution >= 4 is 5.78 Å². The van der Waals surface area contributed by atoms with Crippen molar-refractivity contribution in [1.82, 2.24) is 9.80 Å². The smallest absolute Gasteiger partial charge is 0.141 e. The SMILES string of the molecule is O=C1[C@@H](CN2CCCCC2)CCC[C@H]1CN1CCCCC1. The molecule has 0 unspecified atom stereocenters. The van der Waals surface area contributed by atoms with Crippen LogP contribution in [0.25, 0.3) is 0 Å². The molecule has 0 aromatic heterocycles. The molecule has 2 saturated heterocycles. The zero-order valence-corrected chi connectivity index (χ0v) is 13.6. The van der Waals surface area contributed by atoms with Crippen LogP contribution < -0.4 is 0 Å². The van der Waals surface area contributed by atoms with Crippen LogP contribution in [0.3, 0.4) is 0 Å². The summed E-state index contributed by atoms with van der Waals surface area (Å²) in [6.45, 7) is 6.99. The third kappa shape index (κ3) is 4.29. The van der Waals surface area contributed by atoms with Crippen LogP contribution >= 0.6 is 0 Å². The maximum Gasteiger partial charge on any atom is 0.141 e. The maximum atomic E-state index is 12.8. The largest absolute Gasteiger partial charge is 0.303 e. The Morgan fingerprint density at radius 3 is 1.52 bits per heavy atom. The van der Waals surface area contributed by atoms with Crippen molar-refractivity contribution in [3.63, 3.8) is 0 Å². The maximum absolute atomic E-state index is 12.8. The van der Waals surface area contributed by atoms with Crippen LogP contribution in [0, 0.1) is 11.8 Å². The highest BCUT2D eigenvalue weighted by atomic mass is 16.1. The molecule has 3 heteroatoms. The summed E-state index contributed by atoms with van der Waals surface area (Å²) >= 11 is 0. The number of carbonyl (C=O) groups excluding carboxylic acids is 1. The van der Waals surface area contributed by atoms with Crippen LogP contribution in [-0.2, 0) is 4.79 Å². The molecule has 3 nitrogen and oxygen atoms in total. The van der Waals surface area contributed by atoms with E-state index in [1.807, 2.05) is 0 Å². The van der Waals surface area contributed by atoms with Gasteiger partial charge in [0.2, 0.25) is 0 Å². The van der Waals surface area contributed by atoms with Crippen LogP contribution in [-0.4, -0.2) is 54.9 Å². The Morgan fingerprint density at radius 2 is 1.10 bits per heavy atom. The van der Waals surface area contributed by atoms with Crippen LogP contribution in [0.2, 0.25) is 0 Å². The summed E-state index contributed by atoms with van der Waals surface area (Å²) in [5.41, 5.74) is 0. The van der Waals surface area contributed by atoms with Gasteiger partial charge in [-0.3, -0.25) is 4.79 Å². The first kappa shape index (κ1) is 15.5. The van der Waals surface area contributed by atoms with Gasteiger partial charge in [0.15, 0.2) is 0 Å². The van der Waals surface area contributed by atoms with E-state index < -0.39 is 0 Å². The molecule has 21 heavy (non-hydrogen) atoms. The van der Waals surface area contributed by atoms with Gasteiger partial charge in [0.05, 0.1) is 0 Å². The minimum Gasteiger partial charge on any atom is -0.303 e. The number of carbonyl (C=O) groups is 1. The Morgan fingerprint density at radius 1 is 0.667 bits per heavy atom. The molecule has 0 amide bonds. The Balaban J connectivity index is 1.50. The quantitative estimate of drug-likeness (QED) is 0.796. The van der Waals surface area contributed by atoms with E-state index >= 15 is 0 Å². The van der Waals surface area contributed by atoms with Crippen molar-refractivity contribution in [1.29, 1.82) is 0 Å². The van der Waals surface area contributed by atoms with Gasteiger partial charge in [0, 0.05) is 24.9 Å². The van der Waals surface area contributed by atoms with Gasteiger partial charge in [-0.25, -0.2) is 0 Å². The van der Waals surface area contributed by atoms with Gasteiger partial charge in [-0.05, 0) is 64.7 Å². The highest BCUT2D eigenvalue weighted by Gasteiger charge is 2.33. The first-order valence-electron chi connectivity index (χ1n) is 9.31. The van der Waals surface area contributed by atoms with Crippen molar-refractivity contribution in [3.8, 4) is 0 Å². The van der Waals surface area contributed by atoms with E-state index in [4.69, 9.17) is 0 Å². The lowest BCUT2D eigenvalue weighted by atomic mass is 9.79. The number of Topliss-reactive ketones (excluding diaryl/α,β-unsaturated/α-hetero) is 1. The van der Waals surface area contributed by atoms with Gasteiger partial charge < -0.3 is 9.80 Å². The number of piperidine rings is 2. The van der Waals surface area contributed by atoms with Crippen molar-refractivity contribution in [2.45, 2.75) is 57.8 Å². The molecule has 3 aliphatic rings. The molecule has 120 valence electrons. The normalized spacial score (nSPS) is 33.2. The van der Waals surface area contributed by atoms with Gasteiger partial charge in [-0.2, -0.15) is 0 Å². The number of nitrogens with zero attached hydrogens (tertiary/aromatic N) is 2. The van der Waals surface area contributed by atoms with Crippen molar-refractivity contribution in [2.75, 3.05) is 39.3 Å². The summed E-state index contributed by atoms with van der Waals surface area (Å²) in [6.07, 6.45) is 11.6. The Kier molecular flexibility index (Phi) is 5.70. The lowest BCUT2D eigenvalue weighted by molar-refractivity contribution is -0.130. The minimum absolute atomic E-state index is 0.339. The third-order valence-corrected chi connectivity index (χ3v) is 5.76. The Hall–Kier alpha value is -0.410. The highest BCUT2D eigenvalue weighted by Crippen LogP contribution is 2.28. The van der Waals surface area contributed by atoms with Crippen molar-refractivity contribution in [2.24, 2.45) is 11.8 Å². The molecular formula is C18H32N2O. The molecule has 0 radical (unpaired) electrons. The monoisotopic (exact) mass is 292 g/mol. The summed E-state index contributed by atoms with van der Waals surface area (Å²) < 4.78 is 0. The highest BCUT2D eigenvalue weighted by molar-refractivity contribution is 5.84. The Bertz CT molecular complexity index is 302. The van der Waals surface area contributed by atoms with Crippen molar-refractivity contribution < 1.29 is 4.79 Å². The minimum atomic E-state index is 0.339. The first-order chi connectivity index (χ1) is 10.3. The average Bonchev–Trinajstić information content (AvgIpc) is 2.53. The second-order valence-corrected chi connectivity index (χ2v) is 7.45. The molecule has 3 rings (SSSR count). The molecule has 0 bridgehead atoms. The van der Waals surface area contributed by atoms with Crippen molar-refractivity contribution in [3.05, 3.63) is 0 Å². The van der Waals surface area contributed by atoms with Gasteiger partial charge in [-0.1, -0.05) is 19.3 Å². The number of likely N-dealkylation sites (tertiary alicyclic amines) is 2. The molecule has 3 fully saturated rings. The Labute approximate surface area is 130 Å². The van der Waals surface area contributed by atoms with Crippen LogP contribution in [0.15, 0.2) is 0 Å². The molecule has 0 aromatic carbocycles. The molecule has 0 spiro atoms. The molecule has 1 aliphatic carbocycles. The lowest BCUT2D eigenvalue weighted by Crippen LogP contribution is -2.44. The fourth-order valence-corrected chi connectivity index (χ4v) is 4.50. The number of hydrogen-bond acceptors (Lipinski definition) is 3. The summed E-state index contributed by atoms with van der Waals surface area (Å²) in [4.78, 5) is 17.9.